The van der Waals surface area contributed by atoms with Gasteiger partial charge >= 0.3 is 6.09 Å². The van der Waals surface area contributed by atoms with Crippen molar-refractivity contribution in [2.24, 2.45) is 5.10 Å². The molecular weight excluding hydrogens is 240 g/mol. The predicted molar refractivity (Wildman–Crippen MR) is 75.3 cm³/mol. The maximum absolute atomic E-state index is 11.5. The lowest BCUT2D eigenvalue weighted by Crippen LogP contribution is -2.31. The lowest BCUT2D eigenvalue weighted by molar-refractivity contribution is 0.0529. The highest BCUT2D eigenvalue weighted by Gasteiger charge is 2.17. The van der Waals surface area contributed by atoms with E-state index in [9.17, 15) is 4.79 Å². The molecule has 0 aromatic heterocycles. The summed E-state index contributed by atoms with van der Waals surface area (Å²) >= 11 is 0. The number of rotatable bonds is 1. The number of carbonyl (C=O) groups excluding carboxylic acids is 1. The van der Waals surface area contributed by atoms with Gasteiger partial charge in [0.05, 0.1) is 0 Å². The van der Waals surface area contributed by atoms with Crippen LogP contribution < -0.4 is 5.43 Å². The molecule has 0 heterocycles. The van der Waals surface area contributed by atoms with E-state index in [0.717, 1.165) is 25.0 Å². The molecule has 0 fully saturated rings. The van der Waals surface area contributed by atoms with Crippen molar-refractivity contribution >= 4 is 11.8 Å². The van der Waals surface area contributed by atoms with Gasteiger partial charge in [-0.25, -0.2) is 10.2 Å². The second-order valence-corrected chi connectivity index (χ2v) is 5.74. The standard InChI is InChI=1S/C15H20N2O2/c1-15(2,3)19-14(18)17-16-13-9-8-11-6-4-5-7-12(11)10-13/h4-7H,8-10H2,1-3H3,(H,17,18)/b16-13-. The van der Waals surface area contributed by atoms with Gasteiger partial charge in [0, 0.05) is 12.1 Å². The summed E-state index contributed by atoms with van der Waals surface area (Å²) in [4.78, 5) is 11.5. The average molecular weight is 260 g/mol. The molecule has 0 saturated heterocycles. The minimum Gasteiger partial charge on any atom is -0.443 e. The summed E-state index contributed by atoms with van der Waals surface area (Å²) < 4.78 is 5.14. The van der Waals surface area contributed by atoms with Crippen molar-refractivity contribution in [1.82, 2.24) is 5.43 Å². The van der Waals surface area contributed by atoms with Gasteiger partial charge in [-0.3, -0.25) is 0 Å². The first-order chi connectivity index (χ1) is 8.94. The Morgan fingerprint density at radius 2 is 1.89 bits per heavy atom. The van der Waals surface area contributed by atoms with Crippen LogP contribution in [0.25, 0.3) is 0 Å². The normalized spacial score (nSPS) is 16.9. The molecule has 1 aliphatic rings. The summed E-state index contributed by atoms with van der Waals surface area (Å²) in [7, 11) is 0. The van der Waals surface area contributed by atoms with Crippen molar-refractivity contribution in [2.75, 3.05) is 0 Å². The fraction of sp³-hybridized carbons (Fsp3) is 0.467. The van der Waals surface area contributed by atoms with E-state index in [0.29, 0.717) is 0 Å². The van der Waals surface area contributed by atoms with E-state index in [4.69, 9.17) is 4.74 Å². The zero-order valence-electron chi connectivity index (χ0n) is 11.7. The fourth-order valence-corrected chi connectivity index (χ4v) is 2.08. The summed E-state index contributed by atoms with van der Waals surface area (Å²) in [5.41, 5.74) is 5.62. The Morgan fingerprint density at radius 3 is 2.58 bits per heavy atom. The van der Waals surface area contributed by atoms with Gasteiger partial charge in [-0.05, 0) is 44.7 Å². The third-order valence-electron chi connectivity index (χ3n) is 2.90. The van der Waals surface area contributed by atoms with Crippen molar-refractivity contribution in [3.8, 4) is 0 Å². The number of carbonyl (C=O) groups is 1. The van der Waals surface area contributed by atoms with Gasteiger partial charge in [-0.15, -0.1) is 0 Å². The van der Waals surface area contributed by atoms with Crippen LogP contribution in [0, 0.1) is 0 Å². The van der Waals surface area contributed by atoms with E-state index in [1.165, 1.54) is 11.1 Å². The van der Waals surface area contributed by atoms with Crippen molar-refractivity contribution in [1.29, 1.82) is 0 Å². The molecule has 0 radical (unpaired) electrons. The van der Waals surface area contributed by atoms with Gasteiger partial charge in [-0.2, -0.15) is 5.10 Å². The highest BCUT2D eigenvalue weighted by Crippen LogP contribution is 2.19. The van der Waals surface area contributed by atoms with Crippen LogP contribution in [0.2, 0.25) is 0 Å². The number of hydrogen-bond acceptors (Lipinski definition) is 3. The molecule has 1 N–H and O–H groups in total. The van der Waals surface area contributed by atoms with Crippen LogP contribution in [0.15, 0.2) is 29.4 Å². The number of hydrazone groups is 1. The Balaban J connectivity index is 1.94. The summed E-state index contributed by atoms with van der Waals surface area (Å²) in [6.45, 7) is 5.49. The smallest absolute Gasteiger partial charge is 0.428 e. The van der Waals surface area contributed by atoms with E-state index in [1.54, 1.807) is 0 Å². The lowest BCUT2D eigenvalue weighted by Gasteiger charge is -2.20. The summed E-state index contributed by atoms with van der Waals surface area (Å²) in [6, 6.07) is 8.34. The molecule has 0 unspecified atom stereocenters. The van der Waals surface area contributed by atoms with Gasteiger partial charge < -0.3 is 4.74 Å². The molecule has 1 aromatic rings. The third kappa shape index (κ3) is 4.09. The summed E-state index contributed by atoms with van der Waals surface area (Å²) in [5.74, 6) is 0. The zero-order valence-corrected chi connectivity index (χ0v) is 11.7. The van der Waals surface area contributed by atoms with Crippen LogP contribution in [-0.2, 0) is 17.6 Å². The number of fused-ring (bicyclic) bond motifs is 1. The molecule has 0 spiro atoms. The van der Waals surface area contributed by atoms with Crippen molar-refractivity contribution in [3.05, 3.63) is 35.4 Å². The molecule has 1 amide bonds. The number of hydrogen-bond donors (Lipinski definition) is 1. The average Bonchev–Trinajstić information content (AvgIpc) is 2.34. The first kappa shape index (κ1) is 13.6. The fourth-order valence-electron chi connectivity index (χ4n) is 2.08. The SMILES string of the molecule is CC(C)(C)OC(=O)N/N=C1/CCc2ccccc2C1. The number of amides is 1. The van der Waals surface area contributed by atoms with Gasteiger partial charge in [0.2, 0.25) is 0 Å². The first-order valence-electron chi connectivity index (χ1n) is 6.55. The van der Waals surface area contributed by atoms with Gasteiger partial charge in [-0.1, -0.05) is 24.3 Å². The van der Waals surface area contributed by atoms with Crippen LogP contribution in [0.1, 0.15) is 38.3 Å². The minimum absolute atomic E-state index is 0.497. The maximum Gasteiger partial charge on any atom is 0.428 e. The number of benzene rings is 1. The van der Waals surface area contributed by atoms with Crippen LogP contribution in [0.5, 0.6) is 0 Å². The molecular formula is C15H20N2O2. The van der Waals surface area contributed by atoms with Crippen LogP contribution in [-0.4, -0.2) is 17.4 Å². The lowest BCUT2D eigenvalue weighted by atomic mass is 9.90. The number of aryl methyl sites for hydroxylation is 1. The topological polar surface area (TPSA) is 50.7 Å². The van der Waals surface area contributed by atoms with Crippen LogP contribution in [0.3, 0.4) is 0 Å². The number of nitrogens with zero attached hydrogens (tertiary/aromatic N) is 1. The summed E-state index contributed by atoms with van der Waals surface area (Å²) in [5, 5.41) is 4.16. The molecule has 0 atom stereocenters. The Morgan fingerprint density at radius 1 is 1.21 bits per heavy atom. The predicted octanol–water partition coefficient (Wildman–Crippen LogP) is 3.06. The quantitative estimate of drug-likeness (QED) is 0.789. The van der Waals surface area contributed by atoms with Gasteiger partial charge in [0.1, 0.15) is 5.60 Å². The van der Waals surface area contributed by atoms with E-state index >= 15 is 0 Å². The minimum atomic E-state index is -0.501. The Labute approximate surface area is 113 Å². The first-order valence-corrected chi connectivity index (χ1v) is 6.55. The Hall–Kier alpha value is -1.84. The highest BCUT2D eigenvalue weighted by atomic mass is 16.6. The van der Waals surface area contributed by atoms with E-state index in [1.807, 2.05) is 26.8 Å². The monoisotopic (exact) mass is 260 g/mol. The van der Waals surface area contributed by atoms with Gasteiger partial charge in [0.15, 0.2) is 0 Å². The maximum atomic E-state index is 11.5. The van der Waals surface area contributed by atoms with Crippen molar-refractivity contribution in [3.63, 3.8) is 0 Å². The molecule has 1 aliphatic carbocycles. The molecule has 4 nitrogen and oxygen atoms in total. The molecule has 102 valence electrons. The number of ether oxygens (including phenoxy) is 1. The molecule has 0 aliphatic heterocycles. The highest BCUT2D eigenvalue weighted by molar-refractivity contribution is 5.89. The van der Waals surface area contributed by atoms with Crippen molar-refractivity contribution < 1.29 is 9.53 Å². The third-order valence-corrected chi connectivity index (χ3v) is 2.90. The molecule has 0 bridgehead atoms. The van der Waals surface area contributed by atoms with E-state index in [2.05, 4.69) is 28.7 Å². The van der Waals surface area contributed by atoms with E-state index < -0.39 is 11.7 Å². The molecule has 19 heavy (non-hydrogen) atoms. The Bertz CT molecular complexity index is 501. The molecule has 4 heteroatoms. The second-order valence-electron chi connectivity index (χ2n) is 5.74. The molecule has 0 saturated carbocycles. The summed E-state index contributed by atoms with van der Waals surface area (Å²) in [6.07, 6.45) is 2.16. The molecule has 1 aromatic carbocycles. The van der Waals surface area contributed by atoms with Crippen LogP contribution in [0.4, 0.5) is 4.79 Å². The van der Waals surface area contributed by atoms with Crippen LogP contribution >= 0.6 is 0 Å². The Kier molecular flexibility index (Phi) is 3.88. The zero-order chi connectivity index (χ0) is 13.9. The number of nitrogens with one attached hydrogen (secondary N) is 1. The van der Waals surface area contributed by atoms with Gasteiger partial charge in [0.25, 0.3) is 0 Å². The largest absolute Gasteiger partial charge is 0.443 e. The van der Waals surface area contributed by atoms with E-state index in [-0.39, 0.29) is 0 Å². The molecule has 2 rings (SSSR count). The van der Waals surface area contributed by atoms with Crippen molar-refractivity contribution in [2.45, 2.75) is 45.6 Å². The second kappa shape index (κ2) is 5.43.